The Morgan fingerprint density at radius 3 is 2.65 bits per heavy atom. The molecule has 1 unspecified atom stereocenters. The highest BCUT2D eigenvalue weighted by molar-refractivity contribution is 5.75. The first-order valence-corrected chi connectivity index (χ1v) is 6.27. The second kappa shape index (κ2) is 5.07. The Labute approximate surface area is 105 Å². The van der Waals surface area contributed by atoms with E-state index in [0.29, 0.717) is 6.61 Å². The summed E-state index contributed by atoms with van der Waals surface area (Å²) in [5.74, 6) is -0.117. The topological polar surface area (TPSA) is 26.3 Å². The molecule has 0 aromatic heterocycles. The number of esters is 1. The van der Waals surface area contributed by atoms with Gasteiger partial charge in [-0.15, -0.1) is 0 Å². The molecular weight excluding hydrogens is 212 g/mol. The van der Waals surface area contributed by atoms with Crippen molar-refractivity contribution < 1.29 is 9.53 Å². The predicted octanol–water partition coefficient (Wildman–Crippen LogP) is 3.88. The Morgan fingerprint density at radius 1 is 1.47 bits per heavy atom. The van der Waals surface area contributed by atoms with Crippen LogP contribution in [0, 0.1) is 10.8 Å². The van der Waals surface area contributed by atoms with Gasteiger partial charge in [0.05, 0.1) is 12.0 Å². The van der Waals surface area contributed by atoms with Gasteiger partial charge in [0.1, 0.15) is 0 Å². The number of allylic oxidation sites excluding steroid dienone is 4. The average molecular weight is 236 g/mol. The smallest absolute Gasteiger partial charge is 0.311 e. The largest absolute Gasteiger partial charge is 0.465 e. The van der Waals surface area contributed by atoms with Crippen molar-refractivity contribution in [3.63, 3.8) is 0 Å². The number of rotatable bonds is 3. The highest BCUT2D eigenvalue weighted by atomic mass is 16.5. The summed E-state index contributed by atoms with van der Waals surface area (Å²) in [6, 6.07) is 0. The third-order valence-electron chi connectivity index (χ3n) is 3.50. The molecule has 0 aliphatic heterocycles. The summed E-state index contributed by atoms with van der Waals surface area (Å²) in [5.41, 5.74) is 1.11. The van der Waals surface area contributed by atoms with E-state index in [9.17, 15) is 4.79 Å². The van der Waals surface area contributed by atoms with Gasteiger partial charge in [0.2, 0.25) is 0 Å². The number of carbonyl (C=O) groups excluding carboxylic acids is 1. The van der Waals surface area contributed by atoms with Crippen LogP contribution in [0.2, 0.25) is 0 Å². The van der Waals surface area contributed by atoms with Crippen molar-refractivity contribution in [1.82, 2.24) is 0 Å². The Kier molecular flexibility index (Phi) is 4.18. The zero-order valence-corrected chi connectivity index (χ0v) is 11.7. The molecule has 0 spiro atoms. The average Bonchev–Trinajstić information content (AvgIpc) is 2.21. The van der Waals surface area contributed by atoms with Gasteiger partial charge in [-0.05, 0) is 46.0 Å². The highest BCUT2D eigenvalue weighted by Gasteiger charge is 2.28. The SMILES string of the molecule is CC1=CC=CCC1(C)CCOC(=O)C(C)(C)C. The van der Waals surface area contributed by atoms with Crippen molar-refractivity contribution in [1.29, 1.82) is 0 Å². The van der Waals surface area contributed by atoms with Gasteiger partial charge in [-0.3, -0.25) is 4.79 Å². The summed E-state index contributed by atoms with van der Waals surface area (Å²) in [5, 5.41) is 0. The second-order valence-corrected chi connectivity index (χ2v) is 6.18. The van der Waals surface area contributed by atoms with Gasteiger partial charge in [0, 0.05) is 0 Å². The van der Waals surface area contributed by atoms with E-state index in [0.717, 1.165) is 12.8 Å². The number of hydrogen-bond donors (Lipinski definition) is 0. The first-order valence-electron chi connectivity index (χ1n) is 6.27. The molecule has 1 aliphatic rings. The molecule has 0 amide bonds. The van der Waals surface area contributed by atoms with E-state index in [4.69, 9.17) is 4.74 Å². The molecule has 0 N–H and O–H groups in total. The summed E-state index contributed by atoms with van der Waals surface area (Å²) < 4.78 is 5.33. The molecule has 1 aliphatic carbocycles. The molecule has 0 radical (unpaired) electrons. The third-order valence-corrected chi connectivity index (χ3v) is 3.50. The lowest BCUT2D eigenvalue weighted by Crippen LogP contribution is -2.26. The van der Waals surface area contributed by atoms with Crippen LogP contribution in [-0.2, 0) is 9.53 Å². The van der Waals surface area contributed by atoms with Crippen molar-refractivity contribution in [2.24, 2.45) is 10.8 Å². The van der Waals surface area contributed by atoms with Gasteiger partial charge in [0.15, 0.2) is 0 Å². The molecule has 0 aromatic carbocycles. The predicted molar refractivity (Wildman–Crippen MR) is 70.7 cm³/mol. The molecule has 0 heterocycles. The van der Waals surface area contributed by atoms with Crippen molar-refractivity contribution in [3.8, 4) is 0 Å². The Bertz CT molecular complexity index is 344. The molecule has 0 aromatic rings. The first kappa shape index (κ1) is 14.0. The van der Waals surface area contributed by atoms with Crippen LogP contribution in [0.4, 0.5) is 0 Å². The van der Waals surface area contributed by atoms with Gasteiger partial charge in [-0.1, -0.05) is 30.7 Å². The summed E-state index contributed by atoms with van der Waals surface area (Å²) in [7, 11) is 0. The Balaban J connectivity index is 2.44. The van der Waals surface area contributed by atoms with Crippen molar-refractivity contribution in [2.45, 2.75) is 47.5 Å². The van der Waals surface area contributed by atoms with Crippen LogP contribution in [-0.4, -0.2) is 12.6 Å². The molecule has 2 heteroatoms. The maximum atomic E-state index is 11.6. The maximum Gasteiger partial charge on any atom is 0.311 e. The number of ether oxygens (including phenoxy) is 1. The van der Waals surface area contributed by atoms with Crippen molar-refractivity contribution in [3.05, 3.63) is 23.8 Å². The highest BCUT2D eigenvalue weighted by Crippen LogP contribution is 2.37. The minimum absolute atomic E-state index is 0.117. The molecule has 0 bridgehead atoms. The van der Waals surface area contributed by atoms with E-state index in [1.807, 2.05) is 20.8 Å². The Morgan fingerprint density at radius 2 is 2.12 bits per heavy atom. The summed E-state index contributed by atoms with van der Waals surface area (Å²) >= 11 is 0. The summed E-state index contributed by atoms with van der Waals surface area (Å²) in [6.45, 7) is 10.5. The molecular formula is C15H24O2. The van der Waals surface area contributed by atoms with E-state index >= 15 is 0 Å². The maximum absolute atomic E-state index is 11.6. The number of carbonyl (C=O) groups is 1. The molecule has 0 fully saturated rings. The fourth-order valence-electron chi connectivity index (χ4n) is 1.79. The Hall–Kier alpha value is -1.05. The van der Waals surface area contributed by atoms with E-state index in [2.05, 4.69) is 32.1 Å². The van der Waals surface area contributed by atoms with Crippen LogP contribution in [0.5, 0.6) is 0 Å². The van der Waals surface area contributed by atoms with Crippen LogP contribution in [0.15, 0.2) is 23.8 Å². The lowest BCUT2D eigenvalue weighted by molar-refractivity contribution is -0.153. The molecule has 1 atom stereocenters. The van der Waals surface area contributed by atoms with Crippen LogP contribution in [0.25, 0.3) is 0 Å². The van der Waals surface area contributed by atoms with Crippen molar-refractivity contribution >= 4 is 5.97 Å². The van der Waals surface area contributed by atoms with E-state index < -0.39 is 5.41 Å². The summed E-state index contributed by atoms with van der Waals surface area (Å²) in [6.07, 6.45) is 8.34. The van der Waals surface area contributed by atoms with E-state index in [1.165, 1.54) is 5.57 Å². The van der Waals surface area contributed by atoms with Gasteiger partial charge in [0.25, 0.3) is 0 Å². The quantitative estimate of drug-likeness (QED) is 0.695. The van der Waals surface area contributed by atoms with Crippen LogP contribution >= 0.6 is 0 Å². The minimum Gasteiger partial charge on any atom is -0.465 e. The molecule has 2 nitrogen and oxygen atoms in total. The normalized spacial score (nSPS) is 24.4. The monoisotopic (exact) mass is 236 g/mol. The van der Waals surface area contributed by atoms with Gasteiger partial charge < -0.3 is 4.74 Å². The van der Waals surface area contributed by atoms with Gasteiger partial charge in [-0.25, -0.2) is 0 Å². The van der Waals surface area contributed by atoms with Gasteiger partial charge >= 0.3 is 5.97 Å². The van der Waals surface area contributed by atoms with Gasteiger partial charge in [-0.2, -0.15) is 0 Å². The molecule has 0 saturated heterocycles. The minimum atomic E-state index is -0.405. The molecule has 17 heavy (non-hydrogen) atoms. The summed E-state index contributed by atoms with van der Waals surface area (Å²) in [4.78, 5) is 11.6. The zero-order valence-electron chi connectivity index (χ0n) is 11.7. The first-order chi connectivity index (χ1) is 7.76. The zero-order chi connectivity index (χ0) is 13.1. The lowest BCUT2D eigenvalue weighted by Gasteiger charge is -2.31. The van der Waals surface area contributed by atoms with Crippen LogP contribution < -0.4 is 0 Å². The standard InChI is InChI=1S/C15H24O2/c1-12-8-6-7-9-15(12,5)10-11-17-13(16)14(2,3)4/h6-8H,9-11H2,1-5H3. The fourth-order valence-corrected chi connectivity index (χ4v) is 1.79. The molecule has 1 rings (SSSR count). The number of hydrogen-bond acceptors (Lipinski definition) is 2. The van der Waals surface area contributed by atoms with Crippen molar-refractivity contribution in [2.75, 3.05) is 6.61 Å². The van der Waals surface area contributed by atoms with E-state index in [1.54, 1.807) is 0 Å². The lowest BCUT2D eigenvalue weighted by atomic mass is 9.75. The molecule has 0 saturated carbocycles. The third kappa shape index (κ3) is 3.72. The van der Waals surface area contributed by atoms with E-state index in [-0.39, 0.29) is 11.4 Å². The fraction of sp³-hybridized carbons (Fsp3) is 0.667. The second-order valence-electron chi connectivity index (χ2n) is 6.18. The molecule has 96 valence electrons. The van der Waals surface area contributed by atoms with Crippen LogP contribution in [0.1, 0.15) is 47.5 Å². The van der Waals surface area contributed by atoms with Crippen LogP contribution in [0.3, 0.4) is 0 Å².